The van der Waals surface area contributed by atoms with Crippen molar-refractivity contribution in [3.63, 3.8) is 0 Å². The lowest BCUT2D eigenvalue weighted by Gasteiger charge is -2.33. The van der Waals surface area contributed by atoms with Crippen molar-refractivity contribution >= 4 is 29.9 Å². The average Bonchev–Trinajstić information content (AvgIpc) is 2.81. The van der Waals surface area contributed by atoms with Gasteiger partial charge in [0.05, 0.1) is 6.04 Å². The maximum Gasteiger partial charge on any atom is 0.252 e. The third-order valence-corrected chi connectivity index (χ3v) is 2.84. The standard InChI is InChI=1S/C9H15F2N3.HI/c1-14(7-2-3-7)8(12)13-6-4-9(10,11)5-6;/h6-7H,2-5H2,1H3,(H2,12,13);1H. The summed E-state index contributed by atoms with van der Waals surface area (Å²) in [7, 11) is 1.87. The number of nitrogens with zero attached hydrogens (tertiary/aromatic N) is 2. The maximum atomic E-state index is 12.5. The fourth-order valence-corrected chi connectivity index (χ4v) is 1.65. The SMILES string of the molecule is CN(C(N)=NC1CC(F)(F)C1)C1CC1.I. The van der Waals surface area contributed by atoms with Crippen molar-refractivity contribution < 1.29 is 8.78 Å². The molecule has 2 aliphatic rings. The second-order valence-corrected chi connectivity index (χ2v) is 4.25. The quantitative estimate of drug-likeness (QED) is 0.476. The summed E-state index contributed by atoms with van der Waals surface area (Å²) in [5, 5.41) is 0. The fraction of sp³-hybridized carbons (Fsp3) is 0.889. The first-order valence-electron chi connectivity index (χ1n) is 4.92. The lowest BCUT2D eigenvalue weighted by Crippen LogP contribution is -2.43. The van der Waals surface area contributed by atoms with Crippen LogP contribution in [-0.4, -0.2) is 35.9 Å². The summed E-state index contributed by atoms with van der Waals surface area (Å²) in [5.74, 6) is -2.10. The van der Waals surface area contributed by atoms with Crippen LogP contribution < -0.4 is 5.73 Å². The number of hydrogen-bond acceptors (Lipinski definition) is 1. The van der Waals surface area contributed by atoms with Gasteiger partial charge >= 0.3 is 0 Å². The van der Waals surface area contributed by atoms with Crippen LogP contribution in [0.2, 0.25) is 0 Å². The molecule has 0 heterocycles. The van der Waals surface area contributed by atoms with Gasteiger partial charge in [0.2, 0.25) is 0 Å². The van der Waals surface area contributed by atoms with Gasteiger partial charge in [0.25, 0.3) is 5.92 Å². The molecule has 0 saturated heterocycles. The van der Waals surface area contributed by atoms with Gasteiger partial charge in [0.15, 0.2) is 5.96 Å². The number of hydrogen-bond donors (Lipinski definition) is 1. The molecule has 88 valence electrons. The number of alkyl halides is 2. The van der Waals surface area contributed by atoms with Crippen LogP contribution in [0.3, 0.4) is 0 Å². The van der Waals surface area contributed by atoms with Crippen LogP contribution in [0.15, 0.2) is 4.99 Å². The highest BCUT2D eigenvalue weighted by Crippen LogP contribution is 2.39. The van der Waals surface area contributed by atoms with E-state index in [9.17, 15) is 8.78 Å². The average molecular weight is 331 g/mol. The summed E-state index contributed by atoms with van der Waals surface area (Å²) in [5.41, 5.74) is 5.69. The van der Waals surface area contributed by atoms with E-state index >= 15 is 0 Å². The second-order valence-electron chi connectivity index (χ2n) is 4.25. The number of halogens is 3. The lowest BCUT2D eigenvalue weighted by molar-refractivity contribution is -0.0836. The zero-order valence-corrected chi connectivity index (χ0v) is 10.9. The molecule has 2 aliphatic carbocycles. The third kappa shape index (κ3) is 3.15. The first kappa shape index (κ1) is 12.9. The van der Waals surface area contributed by atoms with Crippen LogP contribution in [0.25, 0.3) is 0 Å². The van der Waals surface area contributed by atoms with Gasteiger partial charge in [-0.2, -0.15) is 0 Å². The minimum atomic E-state index is -2.51. The van der Waals surface area contributed by atoms with E-state index in [1.165, 1.54) is 0 Å². The molecule has 0 aromatic carbocycles. The van der Waals surface area contributed by atoms with Crippen molar-refractivity contribution in [3.8, 4) is 0 Å². The van der Waals surface area contributed by atoms with Gasteiger partial charge in [-0.3, -0.25) is 0 Å². The number of nitrogens with two attached hydrogens (primary N) is 1. The molecule has 0 atom stereocenters. The van der Waals surface area contributed by atoms with Gasteiger partial charge in [-0.1, -0.05) is 0 Å². The van der Waals surface area contributed by atoms with Crippen LogP contribution in [0.1, 0.15) is 25.7 Å². The Hall–Kier alpha value is -0.140. The molecule has 0 bridgehead atoms. The third-order valence-electron chi connectivity index (χ3n) is 2.84. The summed E-state index contributed by atoms with van der Waals surface area (Å²) in [6.07, 6.45) is 1.97. The zero-order valence-electron chi connectivity index (χ0n) is 8.62. The first-order chi connectivity index (χ1) is 6.48. The van der Waals surface area contributed by atoms with Gasteiger partial charge in [-0.15, -0.1) is 24.0 Å². The van der Waals surface area contributed by atoms with Gasteiger partial charge in [0, 0.05) is 25.9 Å². The molecule has 0 unspecified atom stereocenters. The van der Waals surface area contributed by atoms with Crippen LogP contribution in [-0.2, 0) is 0 Å². The molecule has 2 fully saturated rings. The largest absolute Gasteiger partial charge is 0.370 e. The minimum Gasteiger partial charge on any atom is -0.370 e. The topological polar surface area (TPSA) is 41.6 Å². The molecule has 0 aromatic heterocycles. The molecule has 3 nitrogen and oxygen atoms in total. The van der Waals surface area contributed by atoms with Crippen molar-refractivity contribution in [2.75, 3.05) is 7.05 Å². The highest BCUT2D eigenvalue weighted by atomic mass is 127. The number of aliphatic imine (C=N–C) groups is 1. The van der Waals surface area contributed by atoms with Gasteiger partial charge < -0.3 is 10.6 Å². The van der Waals surface area contributed by atoms with E-state index in [-0.39, 0.29) is 42.9 Å². The zero-order chi connectivity index (χ0) is 10.3. The molecule has 0 aliphatic heterocycles. The van der Waals surface area contributed by atoms with Crippen LogP contribution in [0.4, 0.5) is 8.78 Å². The predicted octanol–water partition coefficient (Wildman–Crippen LogP) is 1.81. The Labute approximate surface area is 105 Å². The van der Waals surface area contributed by atoms with Crippen molar-refractivity contribution in [1.29, 1.82) is 0 Å². The van der Waals surface area contributed by atoms with Crippen LogP contribution in [0, 0.1) is 0 Å². The molecule has 0 aromatic rings. The van der Waals surface area contributed by atoms with E-state index in [1.807, 2.05) is 11.9 Å². The maximum absolute atomic E-state index is 12.5. The summed E-state index contributed by atoms with van der Waals surface area (Å²) in [6, 6.07) is 0.213. The smallest absolute Gasteiger partial charge is 0.252 e. The highest BCUT2D eigenvalue weighted by molar-refractivity contribution is 14.0. The van der Waals surface area contributed by atoms with Gasteiger partial charge in [0.1, 0.15) is 0 Å². The Bertz CT molecular complexity index is 258. The van der Waals surface area contributed by atoms with Crippen LogP contribution >= 0.6 is 24.0 Å². The Morgan fingerprint density at radius 1 is 1.40 bits per heavy atom. The summed E-state index contributed by atoms with van der Waals surface area (Å²) in [4.78, 5) is 5.96. The summed E-state index contributed by atoms with van der Waals surface area (Å²) >= 11 is 0. The van der Waals surface area contributed by atoms with Crippen molar-refractivity contribution in [2.24, 2.45) is 10.7 Å². The summed E-state index contributed by atoms with van der Waals surface area (Å²) < 4.78 is 25.0. The van der Waals surface area contributed by atoms with Gasteiger partial charge in [-0.05, 0) is 12.8 Å². The molecule has 6 heteroatoms. The molecule has 2 N–H and O–H groups in total. The minimum absolute atomic E-state index is 0. The molecule has 2 rings (SSSR count). The number of guanidine groups is 1. The second kappa shape index (κ2) is 4.39. The van der Waals surface area contributed by atoms with Crippen LogP contribution in [0.5, 0.6) is 0 Å². The van der Waals surface area contributed by atoms with E-state index in [4.69, 9.17) is 5.73 Å². The predicted molar refractivity (Wildman–Crippen MR) is 65.8 cm³/mol. The molecule has 2 saturated carbocycles. The molecule has 0 amide bonds. The Balaban J connectivity index is 0.00000112. The monoisotopic (exact) mass is 331 g/mol. The van der Waals surface area contributed by atoms with E-state index in [2.05, 4.69) is 4.99 Å². The van der Waals surface area contributed by atoms with Crippen molar-refractivity contribution in [1.82, 2.24) is 4.90 Å². The number of rotatable bonds is 2. The highest BCUT2D eigenvalue weighted by Gasteiger charge is 2.45. The van der Waals surface area contributed by atoms with E-state index in [1.54, 1.807) is 0 Å². The first-order valence-corrected chi connectivity index (χ1v) is 4.92. The Kier molecular flexibility index (Phi) is 3.78. The molecule has 0 radical (unpaired) electrons. The fourth-order valence-electron chi connectivity index (χ4n) is 1.65. The molecule has 15 heavy (non-hydrogen) atoms. The lowest BCUT2D eigenvalue weighted by atomic mass is 9.89. The van der Waals surface area contributed by atoms with Crippen molar-refractivity contribution in [3.05, 3.63) is 0 Å². The van der Waals surface area contributed by atoms with E-state index in [0.29, 0.717) is 12.0 Å². The van der Waals surface area contributed by atoms with E-state index < -0.39 is 5.92 Å². The van der Waals surface area contributed by atoms with Crippen molar-refractivity contribution in [2.45, 2.75) is 43.7 Å². The molecule has 0 spiro atoms. The molecular formula is C9H16F2IN3. The van der Waals surface area contributed by atoms with Gasteiger partial charge in [-0.25, -0.2) is 13.8 Å². The molecular weight excluding hydrogens is 315 g/mol. The Morgan fingerprint density at radius 3 is 2.33 bits per heavy atom. The van der Waals surface area contributed by atoms with E-state index in [0.717, 1.165) is 12.8 Å². The summed E-state index contributed by atoms with van der Waals surface area (Å²) in [6.45, 7) is 0. The Morgan fingerprint density at radius 2 is 1.93 bits per heavy atom. The normalized spacial score (nSPS) is 25.4.